The molecule has 0 aromatic heterocycles. The average molecular weight is 387 g/mol. The Labute approximate surface area is 179 Å². The Hall–Kier alpha value is -0.880. The average Bonchev–Trinajstić information content (AvgIpc) is 2.65. The molecule has 162 valence electrons. The van der Waals surface area contributed by atoms with E-state index in [2.05, 4.69) is 51.4 Å². The molecule has 0 N–H and O–H groups in total. The minimum Gasteiger partial charge on any atom is -0.0891 e. The molecule has 0 aromatic rings. The molecule has 0 amide bonds. The van der Waals surface area contributed by atoms with Crippen molar-refractivity contribution in [2.45, 2.75) is 150 Å². The molecule has 0 fully saturated rings. The van der Waals surface area contributed by atoms with Gasteiger partial charge < -0.3 is 0 Å². The third kappa shape index (κ3) is 25.1. The highest BCUT2D eigenvalue weighted by molar-refractivity contribution is 5.25. The number of unbranched alkanes of at least 4 members (excludes halogenated alkanes) is 16. The third-order valence-electron chi connectivity index (χ3n) is 5.37. The van der Waals surface area contributed by atoms with Crippen LogP contribution in [-0.4, -0.2) is 0 Å². The lowest BCUT2D eigenvalue weighted by Crippen LogP contribution is -2.03. The van der Waals surface area contributed by atoms with Crippen molar-refractivity contribution < 1.29 is 0 Å². The van der Waals surface area contributed by atoms with Gasteiger partial charge in [0.2, 0.25) is 0 Å². The van der Waals surface area contributed by atoms with Crippen molar-refractivity contribution in [3.63, 3.8) is 0 Å². The summed E-state index contributed by atoms with van der Waals surface area (Å²) in [5.41, 5.74) is 0.504. The molecule has 0 saturated heterocycles. The van der Waals surface area contributed by atoms with Crippen LogP contribution in [0.1, 0.15) is 150 Å². The van der Waals surface area contributed by atoms with Crippen molar-refractivity contribution >= 4 is 0 Å². The van der Waals surface area contributed by atoms with Gasteiger partial charge in [-0.05, 0) is 36.5 Å². The number of rotatable bonds is 17. The van der Waals surface area contributed by atoms with E-state index in [-0.39, 0.29) is 0 Å². The predicted molar refractivity (Wildman–Crippen MR) is 128 cm³/mol. The van der Waals surface area contributed by atoms with Crippen LogP contribution in [0, 0.1) is 29.1 Å². The molecule has 28 heavy (non-hydrogen) atoms. The second-order valence-corrected chi connectivity index (χ2v) is 9.72. The molecule has 0 spiro atoms. The van der Waals surface area contributed by atoms with Gasteiger partial charge in [-0.3, -0.25) is 0 Å². The topological polar surface area (TPSA) is 0 Å². The summed E-state index contributed by atoms with van der Waals surface area (Å²) in [6.45, 7) is 9.30. The van der Waals surface area contributed by atoms with Crippen LogP contribution in [0.25, 0.3) is 0 Å². The monoisotopic (exact) mass is 386 g/mol. The van der Waals surface area contributed by atoms with E-state index in [9.17, 15) is 0 Å². The quantitative estimate of drug-likeness (QED) is 0.172. The van der Waals surface area contributed by atoms with Gasteiger partial charge in [0.1, 0.15) is 0 Å². The summed E-state index contributed by atoms with van der Waals surface area (Å²) in [4.78, 5) is 0. The number of hydrogen-bond acceptors (Lipinski definition) is 0. The summed E-state index contributed by atoms with van der Waals surface area (Å²) < 4.78 is 0. The SMILES string of the molecule is CCCCCCCCCCCCC#CC#CCCCCCCCCC(C)(C)C. The van der Waals surface area contributed by atoms with Crippen LogP contribution in [-0.2, 0) is 0 Å². The molecule has 0 atom stereocenters. The summed E-state index contributed by atoms with van der Waals surface area (Å²) in [5, 5.41) is 0. The van der Waals surface area contributed by atoms with Crippen LogP contribution in [0.4, 0.5) is 0 Å². The Morgan fingerprint density at radius 2 is 0.821 bits per heavy atom. The van der Waals surface area contributed by atoms with E-state index >= 15 is 0 Å². The van der Waals surface area contributed by atoms with E-state index < -0.39 is 0 Å². The first kappa shape index (κ1) is 27.1. The second-order valence-electron chi connectivity index (χ2n) is 9.72. The lowest BCUT2D eigenvalue weighted by Gasteiger charge is -2.17. The Balaban J connectivity index is 3.27. The van der Waals surface area contributed by atoms with Crippen molar-refractivity contribution in [3.8, 4) is 23.7 Å². The molecule has 0 bridgehead atoms. The third-order valence-corrected chi connectivity index (χ3v) is 5.37. The standard InChI is InChI=1S/C28H50/c1-5-6-7-8-9-10-11-12-13-14-15-16-17-18-19-20-21-22-23-24-25-26-27-28(2,3)4/h5-15,20-27H2,1-4H3. The van der Waals surface area contributed by atoms with Gasteiger partial charge in [0, 0.05) is 12.8 Å². The van der Waals surface area contributed by atoms with Crippen molar-refractivity contribution in [1.29, 1.82) is 0 Å². The first-order valence-electron chi connectivity index (χ1n) is 12.5. The summed E-state index contributed by atoms with van der Waals surface area (Å²) in [7, 11) is 0. The van der Waals surface area contributed by atoms with E-state index in [1.165, 1.54) is 109 Å². The van der Waals surface area contributed by atoms with Crippen molar-refractivity contribution in [1.82, 2.24) is 0 Å². The van der Waals surface area contributed by atoms with Gasteiger partial charge in [0.25, 0.3) is 0 Å². The van der Waals surface area contributed by atoms with Gasteiger partial charge >= 0.3 is 0 Å². The minimum absolute atomic E-state index is 0.504. The lowest BCUT2D eigenvalue weighted by atomic mass is 9.89. The van der Waals surface area contributed by atoms with Crippen LogP contribution in [0.5, 0.6) is 0 Å². The summed E-state index contributed by atoms with van der Waals surface area (Å²) >= 11 is 0. The predicted octanol–water partition coefficient (Wildman–Crippen LogP) is 9.47. The maximum atomic E-state index is 3.22. The van der Waals surface area contributed by atoms with E-state index in [1.54, 1.807) is 0 Å². The van der Waals surface area contributed by atoms with E-state index in [1.807, 2.05) is 0 Å². The minimum atomic E-state index is 0.504. The largest absolute Gasteiger partial charge is 0.0891 e. The van der Waals surface area contributed by atoms with E-state index in [0.717, 1.165) is 12.8 Å². The molecule has 0 saturated carbocycles. The Morgan fingerprint density at radius 1 is 0.464 bits per heavy atom. The fraction of sp³-hybridized carbons (Fsp3) is 0.857. The normalized spacial score (nSPS) is 10.9. The van der Waals surface area contributed by atoms with Gasteiger partial charge in [-0.25, -0.2) is 0 Å². The smallest absolute Gasteiger partial charge is 0.00989 e. The molecule has 0 heteroatoms. The highest BCUT2D eigenvalue weighted by Crippen LogP contribution is 2.22. The Morgan fingerprint density at radius 3 is 1.21 bits per heavy atom. The van der Waals surface area contributed by atoms with Gasteiger partial charge in [-0.2, -0.15) is 0 Å². The lowest BCUT2D eigenvalue weighted by molar-refractivity contribution is 0.356. The molecule has 0 aliphatic heterocycles. The summed E-state index contributed by atoms with van der Waals surface area (Å²) in [6, 6.07) is 0. The van der Waals surface area contributed by atoms with Gasteiger partial charge in [0.05, 0.1) is 0 Å². The highest BCUT2D eigenvalue weighted by atomic mass is 14.1. The fourth-order valence-corrected chi connectivity index (χ4v) is 3.49. The molecule has 0 aliphatic carbocycles. The zero-order valence-electron chi connectivity index (χ0n) is 19.9. The van der Waals surface area contributed by atoms with Crippen LogP contribution in [0.2, 0.25) is 0 Å². The van der Waals surface area contributed by atoms with Crippen LogP contribution < -0.4 is 0 Å². The molecule has 0 aliphatic rings. The summed E-state index contributed by atoms with van der Waals surface area (Å²) in [5.74, 6) is 12.5. The molecule has 0 unspecified atom stereocenters. The maximum Gasteiger partial charge on any atom is 0.00989 e. The van der Waals surface area contributed by atoms with Crippen molar-refractivity contribution in [2.24, 2.45) is 5.41 Å². The van der Waals surface area contributed by atoms with Gasteiger partial charge in [0.15, 0.2) is 0 Å². The Kier molecular flexibility index (Phi) is 20.2. The second kappa shape index (κ2) is 20.8. The zero-order chi connectivity index (χ0) is 20.8. The summed E-state index contributed by atoms with van der Waals surface area (Å²) in [6.07, 6.45) is 25.4. The molecule has 0 heterocycles. The van der Waals surface area contributed by atoms with Crippen LogP contribution in [0.3, 0.4) is 0 Å². The van der Waals surface area contributed by atoms with E-state index in [4.69, 9.17) is 0 Å². The molecule has 0 rings (SSSR count). The van der Waals surface area contributed by atoms with Crippen LogP contribution in [0.15, 0.2) is 0 Å². The van der Waals surface area contributed by atoms with Crippen molar-refractivity contribution in [3.05, 3.63) is 0 Å². The zero-order valence-corrected chi connectivity index (χ0v) is 19.9. The molecular formula is C28H50. The first-order chi connectivity index (χ1) is 13.6. The molecule has 0 radical (unpaired) electrons. The first-order valence-corrected chi connectivity index (χ1v) is 12.5. The molecule has 0 nitrogen and oxygen atoms in total. The number of hydrogen-bond donors (Lipinski definition) is 0. The highest BCUT2D eigenvalue weighted by Gasteiger charge is 2.08. The fourth-order valence-electron chi connectivity index (χ4n) is 3.49. The van der Waals surface area contributed by atoms with Crippen molar-refractivity contribution in [2.75, 3.05) is 0 Å². The van der Waals surface area contributed by atoms with Gasteiger partial charge in [-0.1, -0.05) is 129 Å². The molecule has 0 aromatic carbocycles. The Bertz CT molecular complexity index is 429. The van der Waals surface area contributed by atoms with Gasteiger partial charge in [-0.15, -0.1) is 0 Å². The maximum absolute atomic E-state index is 3.22. The van der Waals surface area contributed by atoms with E-state index in [0.29, 0.717) is 5.41 Å². The van der Waals surface area contributed by atoms with Crippen LogP contribution >= 0.6 is 0 Å². The molecular weight excluding hydrogens is 336 g/mol.